The predicted molar refractivity (Wildman–Crippen MR) is 100 cm³/mol. The van der Waals surface area contributed by atoms with Crippen molar-refractivity contribution in [3.05, 3.63) is 64.7 Å². The SMILES string of the molecule is NC(Cc1cc(F)c(F)cc1F)C1CCN(C(=O)Cc2cccc(C(F)(F)F)n2)CC1. The maximum absolute atomic E-state index is 13.8. The Bertz CT molecular complexity index is 941. The molecule has 1 unspecified atom stereocenters. The fraction of sp³-hybridized carbons (Fsp3) is 0.429. The van der Waals surface area contributed by atoms with Crippen LogP contribution >= 0.6 is 0 Å². The van der Waals surface area contributed by atoms with E-state index in [0.29, 0.717) is 32.0 Å². The lowest BCUT2D eigenvalue weighted by atomic mass is 9.86. The van der Waals surface area contributed by atoms with E-state index in [1.165, 1.54) is 17.0 Å². The molecule has 2 heterocycles. The number of halogens is 6. The highest BCUT2D eigenvalue weighted by Gasteiger charge is 2.33. The van der Waals surface area contributed by atoms with Crippen LogP contribution in [-0.4, -0.2) is 34.9 Å². The Morgan fingerprint density at radius 3 is 2.39 bits per heavy atom. The summed E-state index contributed by atoms with van der Waals surface area (Å²) in [6.45, 7) is 0.687. The molecule has 2 N–H and O–H groups in total. The second kappa shape index (κ2) is 9.25. The summed E-state index contributed by atoms with van der Waals surface area (Å²) >= 11 is 0. The molecule has 1 amide bonds. The Morgan fingerprint density at radius 2 is 1.74 bits per heavy atom. The summed E-state index contributed by atoms with van der Waals surface area (Å²) in [7, 11) is 0. The maximum atomic E-state index is 13.8. The first-order valence-electron chi connectivity index (χ1n) is 9.74. The van der Waals surface area contributed by atoms with Gasteiger partial charge in [0.25, 0.3) is 0 Å². The molecule has 0 aliphatic carbocycles. The molecule has 1 aliphatic rings. The van der Waals surface area contributed by atoms with Crippen molar-refractivity contribution in [1.82, 2.24) is 9.88 Å². The molecule has 0 saturated carbocycles. The van der Waals surface area contributed by atoms with Gasteiger partial charge in [-0.15, -0.1) is 0 Å². The number of nitrogens with two attached hydrogens (primary N) is 1. The van der Waals surface area contributed by atoms with E-state index in [0.717, 1.165) is 12.1 Å². The summed E-state index contributed by atoms with van der Waals surface area (Å²) < 4.78 is 78.6. The first-order valence-corrected chi connectivity index (χ1v) is 9.74. The minimum Gasteiger partial charge on any atom is -0.342 e. The molecule has 1 atom stereocenters. The molecule has 4 nitrogen and oxygen atoms in total. The second-order valence-electron chi connectivity index (χ2n) is 7.63. The van der Waals surface area contributed by atoms with Crippen molar-refractivity contribution in [3.63, 3.8) is 0 Å². The van der Waals surface area contributed by atoms with Gasteiger partial charge in [-0.1, -0.05) is 6.07 Å². The van der Waals surface area contributed by atoms with Crippen LogP contribution in [0.3, 0.4) is 0 Å². The normalized spacial score (nSPS) is 16.4. The van der Waals surface area contributed by atoms with Crippen molar-refractivity contribution in [2.24, 2.45) is 11.7 Å². The van der Waals surface area contributed by atoms with E-state index in [1.54, 1.807) is 0 Å². The molecule has 3 rings (SSSR count). The van der Waals surface area contributed by atoms with Gasteiger partial charge in [-0.3, -0.25) is 4.79 Å². The van der Waals surface area contributed by atoms with Gasteiger partial charge in [0.2, 0.25) is 5.91 Å². The molecule has 0 radical (unpaired) electrons. The average Bonchev–Trinajstić information content (AvgIpc) is 2.71. The lowest BCUT2D eigenvalue weighted by Gasteiger charge is -2.35. The number of rotatable bonds is 5. The van der Waals surface area contributed by atoms with E-state index in [2.05, 4.69) is 4.98 Å². The third-order valence-electron chi connectivity index (χ3n) is 5.47. The Balaban J connectivity index is 1.54. The monoisotopic (exact) mass is 445 g/mol. The van der Waals surface area contributed by atoms with Gasteiger partial charge in [-0.2, -0.15) is 13.2 Å². The number of pyridine rings is 1. The molecule has 1 fully saturated rings. The first kappa shape index (κ1) is 23.1. The van der Waals surface area contributed by atoms with Gasteiger partial charge in [0.15, 0.2) is 11.6 Å². The standard InChI is InChI=1S/C21H21F6N3O/c22-15-11-17(24)16(23)8-13(15)9-18(28)12-4-6-30(7-5-12)20(31)10-14-2-1-3-19(29-14)21(25,26)27/h1-3,8,11-12,18H,4-7,9-10,28H2. The van der Waals surface area contributed by atoms with Gasteiger partial charge in [0.05, 0.1) is 12.1 Å². The summed E-state index contributed by atoms with van der Waals surface area (Å²) in [5.41, 5.74) is 5.11. The summed E-state index contributed by atoms with van der Waals surface area (Å²) in [5, 5.41) is 0. The molecule has 168 valence electrons. The number of carbonyl (C=O) groups is 1. The summed E-state index contributed by atoms with van der Waals surface area (Å²) in [6.07, 6.45) is -3.79. The van der Waals surface area contributed by atoms with Crippen molar-refractivity contribution in [2.75, 3.05) is 13.1 Å². The number of carbonyl (C=O) groups excluding carboxylic acids is 1. The molecule has 1 aromatic heterocycles. The van der Waals surface area contributed by atoms with Crippen LogP contribution in [0.15, 0.2) is 30.3 Å². The fourth-order valence-corrected chi connectivity index (χ4v) is 3.72. The first-order chi connectivity index (χ1) is 14.5. The molecule has 1 aromatic carbocycles. The molecule has 1 aliphatic heterocycles. The van der Waals surface area contributed by atoms with Crippen molar-refractivity contribution >= 4 is 5.91 Å². The highest BCUT2D eigenvalue weighted by molar-refractivity contribution is 5.78. The second-order valence-corrected chi connectivity index (χ2v) is 7.63. The Morgan fingerprint density at radius 1 is 1.10 bits per heavy atom. The minimum atomic E-state index is -4.58. The number of alkyl halides is 3. The average molecular weight is 445 g/mol. The van der Waals surface area contributed by atoms with Crippen LogP contribution in [0.2, 0.25) is 0 Å². The third kappa shape index (κ3) is 5.75. The highest BCUT2D eigenvalue weighted by atomic mass is 19.4. The van der Waals surface area contributed by atoms with E-state index in [-0.39, 0.29) is 35.9 Å². The van der Waals surface area contributed by atoms with Gasteiger partial charge < -0.3 is 10.6 Å². The van der Waals surface area contributed by atoms with Gasteiger partial charge in [0.1, 0.15) is 11.5 Å². The highest BCUT2D eigenvalue weighted by Crippen LogP contribution is 2.28. The summed E-state index contributed by atoms with van der Waals surface area (Å²) in [4.78, 5) is 17.5. The van der Waals surface area contributed by atoms with Gasteiger partial charge in [0, 0.05) is 25.2 Å². The van der Waals surface area contributed by atoms with Crippen LogP contribution in [0.1, 0.15) is 29.8 Å². The zero-order valence-corrected chi connectivity index (χ0v) is 16.4. The molecule has 1 saturated heterocycles. The van der Waals surface area contributed by atoms with Crippen LogP contribution in [-0.2, 0) is 23.8 Å². The van der Waals surface area contributed by atoms with Crippen LogP contribution < -0.4 is 5.73 Å². The molecule has 10 heteroatoms. The van der Waals surface area contributed by atoms with Crippen LogP contribution in [0.4, 0.5) is 26.3 Å². The molecular formula is C21H21F6N3O. The van der Waals surface area contributed by atoms with Crippen molar-refractivity contribution in [2.45, 2.75) is 37.9 Å². The topological polar surface area (TPSA) is 59.2 Å². The van der Waals surface area contributed by atoms with Crippen molar-refractivity contribution in [1.29, 1.82) is 0 Å². The largest absolute Gasteiger partial charge is 0.433 e. The van der Waals surface area contributed by atoms with E-state index in [1.807, 2.05) is 0 Å². The number of nitrogens with zero attached hydrogens (tertiary/aromatic N) is 2. The zero-order chi connectivity index (χ0) is 22.8. The minimum absolute atomic E-state index is 0.0134. The Kier molecular flexibility index (Phi) is 6.88. The molecule has 31 heavy (non-hydrogen) atoms. The van der Waals surface area contributed by atoms with E-state index in [4.69, 9.17) is 5.73 Å². The smallest absolute Gasteiger partial charge is 0.342 e. The number of piperidine rings is 1. The molecule has 0 bridgehead atoms. The zero-order valence-electron chi connectivity index (χ0n) is 16.4. The number of hydrogen-bond donors (Lipinski definition) is 1. The van der Waals surface area contributed by atoms with E-state index >= 15 is 0 Å². The number of amides is 1. The Hall–Kier alpha value is -2.62. The number of aromatic nitrogens is 1. The van der Waals surface area contributed by atoms with Crippen molar-refractivity contribution in [3.8, 4) is 0 Å². The van der Waals surface area contributed by atoms with Crippen LogP contribution in [0.5, 0.6) is 0 Å². The van der Waals surface area contributed by atoms with E-state index < -0.39 is 35.4 Å². The van der Waals surface area contributed by atoms with Crippen LogP contribution in [0, 0.1) is 23.4 Å². The van der Waals surface area contributed by atoms with Gasteiger partial charge in [-0.25, -0.2) is 18.2 Å². The van der Waals surface area contributed by atoms with Gasteiger partial charge >= 0.3 is 6.18 Å². The lowest BCUT2D eigenvalue weighted by molar-refractivity contribution is -0.141. The predicted octanol–water partition coefficient (Wildman–Crippen LogP) is 3.87. The molecule has 0 spiro atoms. The Labute approximate surface area is 175 Å². The maximum Gasteiger partial charge on any atom is 0.433 e. The van der Waals surface area contributed by atoms with E-state index in [9.17, 15) is 31.1 Å². The molecular weight excluding hydrogens is 424 g/mol. The number of likely N-dealkylation sites (tertiary alicyclic amines) is 1. The van der Waals surface area contributed by atoms with Crippen LogP contribution in [0.25, 0.3) is 0 Å². The number of benzene rings is 1. The quantitative estimate of drug-likeness (QED) is 0.562. The van der Waals surface area contributed by atoms with Crippen molar-refractivity contribution < 1.29 is 31.1 Å². The van der Waals surface area contributed by atoms with Gasteiger partial charge in [-0.05, 0) is 48.9 Å². The number of hydrogen-bond acceptors (Lipinski definition) is 3. The summed E-state index contributed by atoms with van der Waals surface area (Å²) in [5.74, 6) is -3.69. The lowest BCUT2D eigenvalue weighted by Crippen LogP contribution is -2.44. The molecule has 2 aromatic rings. The summed E-state index contributed by atoms with van der Waals surface area (Å²) in [6, 6.07) is 4.19. The third-order valence-corrected chi connectivity index (χ3v) is 5.47. The fourth-order valence-electron chi connectivity index (χ4n) is 3.72.